The number of hydrogen-bond donors (Lipinski definition) is 2. The predicted octanol–water partition coefficient (Wildman–Crippen LogP) is -0.271. The van der Waals surface area contributed by atoms with Crippen LogP contribution in [-0.4, -0.2) is 54.5 Å². The van der Waals surface area contributed by atoms with Crippen molar-refractivity contribution in [2.45, 2.75) is 12.0 Å². The van der Waals surface area contributed by atoms with Crippen LogP contribution in [0, 0.1) is 0 Å². The molecule has 0 aromatic rings. The quantitative estimate of drug-likeness (QED) is 0.546. The Hall–Kier alpha value is -0.810. The summed E-state index contributed by atoms with van der Waals surface area (Å²) in [5.74, 6) is 0. The second-order valence-corrected chi connectivity index (χ2v) is 3.66. The minimum Gasteiger partial charge on any atom is -0.465 e. The van der Waals surface area contributed by atoms with Gasteiger partial charge in [0.25, 0.3) is 0 Å². The van der Waals surface area contributed by atoms with Crippen molar-refractivity contribution in [1.29, 1.82) is 0 Å². The van der Waals surface area contributed by atoms with Gasteiger partial charge in [-0.3, -0.25) is 0 Å². The van der Waals surface area contributed by atoms with E-state index in [1.165, 1.54) is 4.90 Å². The fourth-order valence-electron chi connectivity index (χ4n) is 1.98. The summed E-state index contributed by atoms with van der Waals surface area (Å²) in [5.41, 5.74) is -0.239. The van der Waals surface area contributed by atoms with Gasteiger partial charge in [-0.25, -0.2) is 4.79 Å². The van der Waals surface area contributed by atoms with Crippen LogP contribution >= 0.6 is 0 Å². The van der Waals surface area contributed by atoms with E-state index in [1.807, 2.05) is 0 Å². The first-order valence-electron chi connectivity index (χ1n) is 4.54. The summed E-state index contributed by atoms with van der Waals surface area (Å²) in [6.45, 7) is 3.44. The highest BCUT2D eigenvalue weighted by molar-refractivity contribution is 5.65. The van der Waals surface area contributed by atoms with Crippen molar-refractivity contribution in [3.05, 3.63) is 0 Å². The van der Waals surface area contributed by atoms with Gasteiger partial charge in [0.05, 0.1) is 18.8 Å². The number of ether oxygens (including phenoxy) is 1. The van der Waals surface area contributed by atoms with Crippen LogP contribution in [0.25, 0.3) is 0 Å². The number of carbonyl (C=O) groups is 1. The summed E-state index contributed by atoms with van der Waals surface area (Å²) in [6, 6.07) is 0. The molecule has 74 valence electrons. The van der Waals surface area contributed by atoms with E-state index < -0.39 is 6.09 Å². The van der Waals surface area contributed by atoms with Gasteiger partial charge in [0.2, 0.25) is 0 Å². The van der Waals surface area contributed by atoms with E-state index in [9.17, 15) is 4.79 Å². The van der Waals surface area contributed by atoms with Crippen LogP contribution in [0.1, 0.15) is 6.42 Å². The molecule has 0 unspecified atom stereocenters. The van der Waals surface area contributed by atoms with E-state index in [0.717, 1.165) is 19.5 Å². The zero-order chi connectivity index (χ0) is 9.31. The predicted molar refractivity (Wildman–Crippen MR) is 45.8 cm³/mol. The number of morpholine rings is 1. The lowest BCUT2D eigenvalue weighted by Gasteiger charge is -2.33. The maximum absolute atomic E-state index is 10.7. The first-order chi connectivity index (χ1) is 6.22. The highest BCUT2D eigenvalue weighted by Gasteiger charge is 2.41. The van der Waals surface area contributed by atoms with Gasteiger partial charge in [-0.15, -0.1) is 0 Å². The van der Waals surface area contributed by atoms with Crippen molar-refractivity contribution >= 4 is 6.09 Å². The molecule has 1 atom stereocenters. The molecule has 0 aromatic carbocycles. The smallest absolute Gasteiger partial charge is 0.407 e. The second kappa shape index (κ2) is 3.16. The van der Waals surface area contributed by atoms with E-state index in [0.29, 0.717) is 19.7 Å². The van der Waals surface area contributed by atoms with Gasteiger partial charge >= 0.3 is 6.09 Å². The summed E-state index contributed by atoms with van der Waals surface area (Å²) >= 11 is 0. The third-order valence-electron chi connectivity index (χ3n) is 2.72. The SMILES string of the molecule is O=C(O)N1CC[C@]2(CNCCO2)C1. The minimum absolute atomic E-state index is 0.239. The highest BCUT2D eigenvalue weighted by Crippen LogP contribution is 2.26. The van der Waals surface area contributed by atoms with Gasteiger partial charge in [0, 0.05) is 19.6 Å². The van der Waals surface area contributed by atoms with Gasteiger partial charge in [0.15, 0.2) is 0 Å². The first-order valence-corrected chi connectivity index (χ1v) is 4.54. The monoisotopic (exact) mass is 186 g/mol. The van der Waals surface area contributed by atoms with Crippen molar-refractivity contribution in [2.75, 3.05) is 32.8 Å². The van der Waals surface area contributed by atoms with Gasteiger partial charge in [-0.2, -0.15) is 0 Å². The number of hydrogen-bond acceptors (Lipinski definition) is 3. The average molecular weight is 186 g/mol. The van der Waals surface area contributed by atoms with Crippen LogP contribution in [-0.2, 0) is 4.74 Å². The van der Waals surface area contributed by atoms with Crippen molar-refractivity contribution in [2.24, 2.45) is 0 Å². The molecule has 0 radical (unpaired) electrons. The Kier molecular flexibility index (Phi) is 2.13. The molecule has 2 rings (SSSR count). The summed E-state index contributed by atoms with van der Waals surface area (Å²) < 4.78 is 5.64. The molecule has 2 aliphatic rings. The number of amides is 1. The molecule has 5 nitrogen and oxygen atoms in total. The highest BCUT2D eigenvalue weighted by atomic mass is 16.5. The molecular weight excluding hydrogens is 172 g/mol. The minimum atomic E-state index is -0.842. The van der Waals surface area contributed by atoms with Crippen LogP contribution < -0.4 is 5.32 Å². The Morgan fingerprint density at radius 3 is 3.00 bits per heavy atom. The van der Waals surface area contributed by atoms with Crippen LogP contribution in [0.3, 0.4) is 0 Å². The van der Waals surface area contributed by atoms with Crippen LogP contribution in [0.15, 0.2) is 0 Å². The molecule has 2 fully saturated rings. The fraction of sp³-hybridized carbons (Fsp3) is 0.875. The first kappa shape index (κ1) is 8.77. The summed E-state index contributed by atoms with van der Waals surface area (Å²) in [6.07, 6.45) is -0.0298. The number of carboxylic acid groups (broad SMARTS) is 1. The third-order valence-corrected chi connectivity index (χ3v) is 2.72. The van der Waals surface area contributed by atoms with Crippen LogP contribution in [0.4, 0.5) is 4.79 Å². The van der Waals surface area contributed by atoms with Crippen molar-refractivity contribution in [3.63, 3.8) is 0 Å². The lowest BCUT2D eigenvalue weighted by atomic mass is 10.0. The van der Waals surface area contributed by atoms with Crippen molar-refractivity contribution in [3.8, 4) is 0 Å². The van der Waals surface area contributed by atoms with E-state index in [-0.39, 0.29) is 5.60 Å². The molecular formula is C8H14N2O3. The molecule has 13 heavy (non-hydrogen) atoms. The lowest BCUT2D eigenvalue weighted by molar-refractivity contribution is -0.0561. The Labute approximate surface area is 76.7 Å². The molecule has 5 heteroatoms. The molecule has 2 aliphatic heterocycles. The summed E-state index contributed by atoms with van der Waals surface area (Å²) in [5, 5.41) is 12.0. The van der Waals surface area contributed by atoms with Crippen molar-refractivity contribution < 1.29 is 14.6 Å². The van der Waals surface area contributed by atoms with E-state index >= 15 is 0 Å². The number of nitrogens with zero attached hydrogens (tertiary/aromatic N) is 1. The van der Waals surface area contributed by atoms with Crippen LogP contribution in [0.2, 0.25) is 0 Å². The number of likely N-dealkylation sites (tertiary alicyclic amines) is 1. The lowest BCUT2D eigenvalue weighted by Crippen LogP contribution is -2.51. The molecule has 0 bridgehead atoms. The van der Waals surface area contributed by atoms with E-state index in [4.69, 9.17) is 9.84 Å². The number of nitrogens with one attached hydrogen (secondary N) is 1. The van der Waals surface area contributed by atoms with Gasteiger partial charge in [-0.1, -0.05) is 0 Å². The Bertz CT molecular complexity index is 213. The standard InChI is InChI=1S/C8H14N2O3/c11-7(12)10-3-1-8(6-10)5-9-2-4-13-8/h9H,1-6H2,(H,11,12)/t8-/m0/s1. The Morgan fingerprint density at radius 2 is 2.46 bits per heavy atom. The van der Waals surface area contributed by atoms with Gasteiger partial charge in [-0.05, 0) is 6.42 Å². The maximum atomic E-state index is 10.7. The normalized spacial score (nSPS) is 34.0. The zero-order valence-corrected chi connectivity index (χ0v) is 7.45. The summed E-state index contributed by atoms with van der Waals surface area (Å²) in [4.78, 5) is 12.1. The van der Waals surface area contributed by atoms with E-state index in [2.05, 4.69) is 5.32 Å². The third kappa shape index (κ3) is 1.62. The molecule has 1 amide bonds. The molecule has 1 spiro atoms. The van der Waals surface area contributed by atoms with Gasteiger partial charge in [0.1, 0.15) is 0 Å². The fourth-order valence-corrected chi connectivity index (χ4v) is 1.98. The average Bonchev–Trinajstić information content (AvgIpc) is 2.51. The second-order valence-electron chi connectivity index (χ2n) is 3.66. The van der Waals surface area contributed by atoms with E-state index in [1.54, 1.807) is 0 Å². The molecule has 2 heterocycles. The molecule has 0 aromatic heterocycles. The molecule has 0 saturated carbocycles. The topological polar surface area (TPSA) is 61.8 Å². The number of rotatable bonds is 0. The maximum Gasteiger partial charge on any atom is 0.407 e. The largest absolute Gasteiger partial charge is 0.465 e. The molecule has 0 aliphatic carbocycles. The zero-order valence-electron chi connectivity index (χ0n) is 7.45. The van der Waals surface area contributed by atoms with Crippen LogP contribution in [0.5, 0.6) is 0 Å². The van der Waals surface area contributed by atoms with Gasteiger partial charge < -0.3 is 20.1 Å². The summed E-state index contributed by atoms with van der Waals surface area (Å²) in [7, 11) is 0. The molecule has 2 saturated heterocycles. The molecule has 2 N–H and O–H groups in total. The van der Waals surface area contributed by atoms with Crippen molar-refractivity contribution in [1.82, 2.24) is 10.2 Å². The Balaban J connectivity index is 1.98. The Morgan fingerprint density at radius 1 is 1.62 bits per heavy atom.